The van der Waals surface area contributed by atoms with Crippen molar-refractivity contribution >= 4 is 11.8 Å². The van der Waals surface area contributed by atoms with Crippen LogP contribution in [0.4, 0.5) is 0 Å². The summed E-state index contributed by atoms with van der Waals surface area (Å²) in [7, 11) is 1.80. The van der Waals surface area contributed by atoms with Gasteiger partial charge in [-0.05, 0) is 29.8 Å². The first-order valence-corrected chi connectivity index (χ1v) is 7.81. The summed E-state index contributed by atoms with van der Waals surface area (Å²) in [6.45, 7) is 7.75. The minimum atomic E-state index is 0.442. The fourth-order valence-electron chi connectivity index (χ4n) is 1.61. The third kappa shape index (κ3) is 6.35. The highest BCUT2D eigenvalue weighted by Crippen LogP contribution is 2.10. The van der Waals surface area contributed by atoms with Crippen LogP contribution >= 0.6 is 11.8 Å². The average molecular weight is 271 g/mol. The molecule has 1 atom stereocenters. The van der Waals surface area contributed by atoms with Gasteiger partial charge in [-0.15, -0.1) is 10.2 Å². The average Bonchev–Trinajstić information content (AvgIpc) is 2.71. The first-order valence-electron chi connectivity index (χ1n) is 6.65. The summed E-state index contributed by atoms with van der Waals surface area (Å²) >= 11 is 2.00. The van der Waals surface area contributed by atoms with Crippen LogP contribution in [0.2, 0.25) is 0 Å². The number of hydrogen-bond acceptors (Lipinski definition) is 5. The maximum atomic E-state index is 4.25. The van der Waals surface area contributed by atoms with Gasteiger partial charge in [-0.3, -0.25) is 0 Å². The molecule has 0 spiro atoms. The van der Waals surface area contributed by atoms with Gasteiger partial charge in [-0.1, -0.05) is 20.8 Å². The monoisotopic (exact) mass is 271 g/mol. The lowest BCUT2D eigenvalue weighted by Gasteiger charge is -2.17. The summed E-state index contributed by atoms with van der Waals surface area (Å²) in [6, 6.07) is 0.442. The highest BCUT2D eigenvalue weighted by molar-refractivity contribution is 7.99. The highest BCUT2D eigenvalue weighted by atomic mass is 32.2. The van der Waals surface area contributed by atoms with Crippen molar-refractivity contribution in [2.75, 3.05) is 18.1 Å². The van der Waals surface area contributed by atoms with E-state index in [2.05, 4.69) is 41.5 Å². The van der Waals surface area contributed by atoms with Crippen molar-refractivity contribution in [1.29, 1.82) is 0 Å². The van der Waals surface area contributed by atoms with Crippen molar-refractivity contribution in [1.82, 2.24) is 25.5 Å². The first kappa shape index (κ1) is 15.4. The van der Waals surface area contributed by atoms with E-state index in [0.717, 1.165) is 36.9 Å². The van der Waals surface area contributed by atoms with E-state index in [9.17, 15) is 0 Å². The second-order valence-corrected chi connectivity index (χ2v) is 6.06. The molecule has 1 N–H and O–H groups in total. The van der Waals surface area contributed by atoms with Crippen LogP contribution in [-0.2, 0) is 13.5 Å². The van der Waals surface area contributed by atoms with Crippen LogP contribution < -0.4 is 5.32 Å². The fourth-order valence-corrected chi connectivity index (χ4v) is 2.74. The van der Waals surface area contributed by atoms with Gasteiger partial charge in [-0.25, -0.2) is 0 Å². The molecule has 0 aromatic carbocycles. The van der Waals surface area contributed by atoms with Crippen LogP contribution in [0.1, 0.15) is 33.0 Å². The summed E-state index contributed by atoms with van der Waals surface area (Å²) in [5, 5.41) is 15.7. The predicted octanol–water partition coefficient (Wildman–Crippen LogP) is 1.51. The molecule has 0 radical (unpaired) electrons. The molecule has 0 bridgehead atoms. The molecule has 0 saturated carbocycles. The molecule has 1 heterocycles. The van der Waals surface area contributed by atoms with Gasteiger partial charge >= 0.3 is 0 Å². The number of nitrogens with zero attached hydrogens (tertiary/aromatic N) is 4. The molecule has 0 amide bonds. The Balaban J connectivity index is 2.39. The topological polar surface area (TPSA) is 55.6 Å². The van der Waals surface area contributed by atoms with E-state index >= 15 is 0 Å². The fraction of sp³-hybridized carbons (Fsp3) is 0.917. The maximum absolute atomic E-state index is 4.25. The zero-order valence-corrected chi connectivity index (χ0v) is 12.7. The van der Waals surface area contributed by atoms with Crippen LogP contribution in [0.15, 0.2) is 0 Å². The van der Waals surface area contributed by atoms with Gasteiger partial charge in [0.05, 0.1) is 7.05 Å². The number of thioether (sulfide) groups is 1. The molecular weight excluding hydrogens is 246 g/mol. The Kier molecular flexibility index (Phi) is 7.27. The van der Waals surface area contributed by atoms with Gasteiger partial charge in [0.1, 0.15) is 0 Å². The lowest BCUT2D eigenvalue weighted by molar-refractivity contribution is 0.536. The normalized spacial score (nSPS) is 13.2. The van der Waals surface area contributed by atoms with Crippen LogP contribution in [0, 0.1) is 5.92 Å². The van der Waals surface area contributed by atoms with Gasteiger partial charge in [0.15, 0.2) is 5.82 Å². The number of nitrogens with one attached hydrogen (secondary N) is 1. The summed E-state index contributed by atoms with van der Waals surface area (Å²) in [5.74, 6) is 3.89. The van der Waals surface area contributed by atoms with E-state index in [1.54, 1.807) is 7.05 Å². The molecule has 0 aliphatic rings. The van der Waals surface area contributed by atoms with Crippen molar-refractivity contribution in [3.8, 4) is 0 Å². The second-order valence-electron chi connectivity index (χ2n) is 4.98. The lowest BCUT2D eigenvalue weighted by atomic mass is 10.2. The quantitative estimate of drug-likeness (QED) is 0.738. The third-order valence-corrected chi connectivity index (χ3v) is 3.97. The van der Waals surface area contributed by atoms with E-state index in [-0.39, 0.29) is 0 Å². The molecule has 1 unspecified atom stereocenters. The molecule has 0 fully saturated rings. The largest absolute Gasteiger partial charge is 0.313 e. The third-order valence-electron chi connectivity index (χ3n) is 2.43. The van der Waals surface area contributed by atoms with Gasteiger partial charge in [0.2, 0.25) is 0 Å². The molecular formula is C12H25N5S. The van der Waals surface area contributed by atoms with E-state index in [4.69, 9.17) is 0 Å². The molecule has 18 heavy (non-hydrogen) atoms. The second kappa shape index (κ2) is 8.48. The molecule has 1 aromatic heterocycles. The van der Waals surface area contributed by atoms with E-state index in [1.165, 1.54) is 10.5 Å². The number of rotatable bonds is 9. The minimum Gasteiger partial charge on any atom is -0.313 e. The zero-order valence-electron chi connectivity index (χ0n) is 11.9. The zero-order chi connectivity index (χ0) is 13.4. The van der Waals surface area contributed by atoms with Gasteiger partial charge < -0.3 is 5.32 Å². The van der Waals surface area contributed by atoms with Crippen LogP contribution in [-0.4, -0.2) is 44.3 Å². The molecule has 6 heteroatoms. The van der Waals surface area contributed by atoms with Gasteiger partial charge in [-0.2, -0.15) is 16.6 Å². The van der Waals surface area contributed by atoms with Gasteiger partial charge in [0, 0.05) is 18.2 Å². The smallest absolute Gasteiger partial charge is 0.176 e. The summed E-state index contributed by atoms with van der Waals surface area (Å²) in [5.41, 5.74) is 0. The van der Waals surface area contributed by atoms with Crippen LogP contribution in [0.25, 0.3) is 0 Å². The summed E-state index contributed by atoms with van der Waals surface area (Å²) in [6.07, 6.45) is 2.01. The molecule has 104 valence electrons. The lowest BCUT2D eigenvalue weighted by Crippen LogP contribution is -2.34. The van der Waals surface area contributed by atoms with Crippen LogP contribution in [0.5, 0.6) is 0 Å². The van der Waals surface area contributed by atoms with Crippen molar-refractivity contribution in [3.63, 3.8) is 0 Å². The molecule has 0 aliphatic heterocycles. The molecule has 5 nitrogen and oxygen atoms in total. The Morgan fingerprint density at radius 3 is 2.67 bits per heavy atom. The number of tetrazole rings is 1. The Labute approximate surface area is 114 Å². The Hall–Kier alpha value is -0.620. The van der Waals surface area contributed by atoms with Crippen molar-refractivity contribution < 1.29 is 0 Å². The summed E-state index contributed by atoms with van der Waals surface area (Å²) < 4.78 is 0. The number of aryl methyl sites for hydroxylation is 1. The molecule has 1 rings (SSSR count). The Morgan fingerprint density at radius 2 is 2.11 bits per heavy atom. The van der Waals surface area contributed by atoms with E-state index in [1.807, 2.05) is 11.8 Å². The standard InChI is InChI=1S/C12H25N5S/c1-5-6-13-11(9-18-8-10(2)3)7-12-14-16-17(4)15-12/h10-11,13H,5-9H2,1-4H3. The van der Waals surface area contributed by atoms with Crippen molar-refractivity contribution in [2.24, 2.45) is 13.0 Å². The first-order chi connectivity index (χ1) is 8.61. The SMILES string of the molecule is CCCNC(CSCC(C)C)Cc1nnn(C)n1. The Bertz CT molecular complexity index is 326. The van der Waals surface area contributed by atoms with Crippen molar-refractivity contribution in [3.05, 3.63) is 5.82 Å². The Morgan fingerprint density at radius 1 is 1.33 bits per heavy atom. The molecule has 1 aromatic rings. The van der Waals surface area contributed by atoms with Crippen LogP contribution in [0.3, 0.4) is 0 Å². The molecule has 0 saturated heterocycles. The summed E-state index contributed by atoms with van der Waals surface area (Å²) in [4.78, 5) is 1.52. The van der Waals surface area contributed by atoms with E-state index < -0.39 is 0 Å². The highest BCUT2D eigenvalue weighted by Gasteiger charge is 2.12. The number of hydrogen-bond donors (Lipinski definition) is 1. The predicted molar refractivity (Wildman–Crippen MR) is 76.7 cm³/mol. The van der Waals surface area contributed by atoms with Crippen molar-refractivity contribution in [2.45, 2.75) is 39.7 Å². The van der Waals surface area contributed by atoms with E-state index in [0.29, 0.717) is 6.04 Å². The molecule has 0 aliphatic carbocycles. The number of aromatic nitrogens is 4. The maximum Gasteiger partial charge on any atom is 0.176 e. The van der Waals surface area contributed by atoms with Gasteiger partial charge in [0.25, 0.3) is 0 Å². The minimum absolute atomic E-state index is 0.442.